The molecule has 1 rings (SSSR count). The van der Waals surface area contributed by atoms with Gasteiger partial charge in [-0.05, 0) is 12.0 Å². The van der Waals surface area contributed by atoms with E-state index in [0.29, 0.717) is 13.0 Å². The highest BCUT2D eigenvalue weighted by Crippen LogP contribution is 2.11. The third-order valence-electron chi connectivity index (χ3n) is 2.59. The van der Waals surface area contributed by atoms with E-state index in [2.05, 4.69) is 0 Å². The molecule has 0 saturated heterocycles. The fourth-order valence-electron chi connectivity index (χ4n) is 1.73. The lowest BCUT2D eigenvalue weighted by Gasteiger charge is -2.17. The predicted molar refractivity (Wildman–Crippen MR) is 75.7 cm³/mol. The zero-order chi connectivity index (χ0) is 15.0. The predicted octanol–water partition coefficient (Wildman–Crippen LogP) is 1.77. The SMILES string of the molecule is CC(C=O)CC(COCc1ccccc1)OS(C)(=O)=O. The average Bonchev–Trinajstić information content (AvgIpc) is 2.38. The standard InChI is InChI=1S/C14H20O5S/c1-12(9-15)8-14(19-20(2,16)17)11-18-10-13-6-4-3-5-7-13/h3-7,9,12,14H,8,10-11H2,1-2H3. The van der Waals surface area contributed by atoms with Gasteiger partial charge < -0.3 is 9.53 Å². The summed E-state index contributed by atoms with van der Waals surface area (Å²) in [6.45, 7) is 2.21. The monoisotopic (exact) mass is 300 g/mol. The van der Waals surface area contributed by atoms with Gasteiger partial charge in [0, 0.05) is 5.92 Å². The van der Waals surface area contributed by atoms with Crippen molar-refractivity contribution in [3.63, 3.8) is 0 Å². The summed E-state index contributed by atoms with van der Waals surface area (Å²) in [5.41, 5.74) is 0.994. The van der Waals surface area contributed by atoms with Crippen LogP contribution in [0.15, 0.2) is 30.3 Å². The minimum absolute atomic E-state index is 0.125. The van der Waals surface area contributed by atoms with Crippen LogP contribution in [0.1, 0.15) is 18.9 Å². The summed E-state index contributed by atoms with van der Waals surface area (Å²) in [4.78, 5) is 10.7. The topological polar surface area (TPSA) is 69.7 Å². The molecule has 0 amide bonds. The van der Waals surface area contributed by atoms with E-state index < -0.39 is 16.2 Å². The Kier molecular flexibility index (Phi) is 6.84. The van der Waals surface area contributed by atoms with Crippen LogP contribution >= 0.6 is 0 Å². The zero-order valence-corrected chi connectivity index (χ0v) is 12.5. The minimum Gasteiger partial charge on any atom is -0.374 e. The van der Waals surface area contributed by atoms with Crippen LogP contribution < -0.4 is 0 Å². The molecule has 0 saturated carbocycles. The van der Waals surface area contributed by atoms with Gasteiger partial charge >= 0.3 is 0 Å². The Morgan fingerprint density at radius 1 is 1.25 bits per heavy atom. The molecule has 1 aromatic carbocycles. The van der Waals surface area contributed by atoms with Gasteiger partial charge in [0.25, 0.3) is 10.1 Å². The molecule has 0 aliphatic carbocycles. The van der Waals surface area contributed by atoms with Gasteiger partial charge in [0.2, 0.25) is 0 Å². The lowest BCUT2D eigenvalue weighted by molar-refractivity contribution is -0.111. The second-order valence-electron chi connectivity index (χ2n) is 4.77. The van der Waals surface area contributed by atoms with E-state index in [0.717, 1.165) is 18.1 Å². The molecule has 2 unspecified atom stereocenters. The Labute approximate surface area is 120 Å². The van der Waals surface area contributed by atoms with E-state index in [1.165, 1.54) is 0 Å². The van der Waals surface area contributed by atoms with Gasteiger partial charge in [0.1, 0.15) is 12.4 Å². The van der Waals surface area contributed by atoms with Crippen LogP contribution in [0, 0.1) is 5.92 Å². The third-order valence-corrected chi connectivity index (χ3v) is 3.21. The molecule has 0 fully saturated rings. The number of carbonyl (C=O) groups excluding carboxylic acids is 1. The first-order valence-electron chi connectivity index (χ1n) is 6.36. The molecule has 0 aliphatic rings. The van der Waals surface area contributed by atoms with Gasteiger partial charge in [-0.25, -0.2) is 0 Å². The lowest BCUT2D eigenvalue weighted by atomic mass is 10.1. The molecule has 0 aromatic heterocycles. The Hall–Kier alpha value is -1.24. The van der Waals surface area contributed by atoms with Crippen molar-refractivity contribution < 1.29 is 22.1 Å². The number of ether oxygens (including phenoxy) is 1. The van der Waals surface area contributed by atoms with Crippen molar-refractivity contribution in [2.75, 3.05) is 12.9 Å². The van der Waals surface area contributed by atoms with E-state index >= 15 is 0 Å². The molecular weight excluding hydrogens is 280 g/mol. The molecule has 0 aliphatic heterocycles. The molecule has 0 N–H and O–H groups in total. The molecule has 1 aromatic rings. The van der Waals surface area contributed by atoms with Crippen molar-refractivity contribution in [2.24, 2.45) is 5.92 Å². The summed E-state index contributed by atoms with van der Waals surface area (Å²) in [5.74, 6) is -0.276. The van der Waals surface area contributed by atoms with Crippen molar-refractivity contribution in [3.05, 3.63) is 35.9 Å². The highest BCUT2D eigenvalue weighted by molar-refractivity contribution is 7.86. The third kappa shape index (κ3) is 7.37. The number of rotatable bonds is 9. The maximum Gasteiger partial charge on any atom is 0.264 e. The molecule has 0 heterocycles. The van der Waals surface area contributed by atoms with Gasteiger partial charge in [-0.3, -0.25) is 4.18 Å². The maximum absolute atomic E-state index is 11.2. The Morgan fingerprint density at radius 3 is 2.45 bits per heavy atom. The van der Waals surface area contributed by atoms with Crippen molar-refractivity contribution in [3.8, 4) is 0 Å². The van der Waals surface area contributed by atoms with Crippen LogP contribution in [0.4, 0.5) is 0 Å². The zero-order valence-electron chi connectivity index (χ0n) is 11.7. The molecule has 0 spiro atoms. The quantitative estimate of drug-likeness (QED) is 0.513. The molecule has 2 atom stereocenters. The maximum atomic E-state index is 11.2. The molecule has 112 valence electrons. The molecular formula is C14H20O5S. The number of aldehydes is 1. The fraction of sp³-hybridized carbons (Fsp3) is 0.500. The Morgan fingerprint density at radius 2 is 1.90 bits per heavy atom. The first-order valence-corrected chi connectivity index (χ1v) is 8.17. The van der Waals surface area contributed by atoms with Crippen LogP contribution in [0.2, 0.25) is 0 Å². The minimum atomic E-state index is -3.57. The second-order valence-corrected chi connectivity index (χ2v) is 6.37. The van der Waals surface area contributed by atoms with E-state index in [1.54, 1.807) is 6.92 Å². The molecule has 0 radical (unpaired) electrons. The van der Waals surface area contributed by atoms with Crippen LogP contribution in [0.3, 0.4) is 0 Å². The Bertz CT molecular complexity index is 498. The normalized spacial score (nSPS) is 14.7. The van der Waals surface area contributed by atoms with E-state index in [1.807, 2.05) is 30.3 Å². The summed E-state index contributed by atoms with van der Waals surface area (Å²) in [7, 11) is -3.57. The van der Waals surface area contributed by atoms with Gasteiger partial charge in [0.15, 0.2) is 0 Å². The van der Waals surface area contributed by atoms with Gasteiger partial charge in [-0.2, -0.15) is 8.42 Å². The second kappa shape index (κ2) is 8.14. The highest BCUT2D eigenvalue weighted by atomic mass is 32.2. The van der Waals surface area contributed by atoms with Crippen molar-refractivity contribution in [1.29, 1.82) is 0 Å². The first-order chi connectivity index (χ1) is 9.40. The van der Waals surface area contributed by atoms with Crippen LogP contribution in [0.5, 0.6) is 0 Å². The number of hydrogen-bond donors (Lipinski definition) is 0. The van der Waals surface area contributed by atoms with E-state index in [4.69, 9.17) is 8.92 Å². The lowest BCUT2D eigenvalue weighted by Crippen LogP contribution is -2.25. The largest absolute Gasteiger partial charge is 0.374 e. The first kappa shape index (κ1) is 16.8. The van der Waals surface area contributed by atoms with E-state index in [9.17, 15) is 13.2 Å². The summed E-state index contributed by atoms with van der Waals surface area (Å²) < 4.78 is 32.8. The molecule has 0 bridgehead atoms. The molecule has 6 heteroatoms. The van der Waals surface area contributed by atoms with Crippen LogP contribution in [0.25, 0.3) is 0 Å². The molecule has 5 nitrogen and oxygen atoms in total. The van der Waals surface area contributed by atoms with Crippen molar-refractivity contribution in [1.82, 2.24) is 0 Å². The number of carbonyl (C=O) groups is 1. The number of hydrogen-bond acceptors (Lipinski definition) is 5. The van der Waals surface area contributed by atoms with Crippen LogP contribution in [-0.4, -0.2) is 33.7 Å². The fourth-order valence-corrected chi connectivity index (χ4v) is 2.36. The number of benzene rings is 1. The average molecular weight is 300 g/mol. The van der Waals surface area contributed by atoms with Crippen LogP contribution in [-0.2, 0) is 30.4 Å². The van der Waals surface area contributed by atoms with Gasteiger partial charge in [0.05, 0.1) is 19.5 Å². The van der Waals surface area contributed by atoms with Crippen molar-refractivity contribution >= 4 is 16.4 Å². The summed E-state index contributed by atoms with van der Waals surface area (Å²) in [5, 5.41) is 0. The highest BCUT2D eigenvalue weighted by Gasteiger charge is 2.18. The van der Waals surface area contributed by atoms with Crippen molar-refractivity contribution in [2.45, 2.75) is 26.1 Å². The van der Waals surface area contributed by atoms with E-state index in [-0.39, 0.29) is 12.5 Å². The summed E-state index contributed by atoms with van der Waals surface area (Å²) in [6.07, 6.45) is 1.43. The smallest absolute Gasteiger partial charge is 0.264 e. The summed E-state index contributed by atoms with van der Waals surface area (Å²) in [6, 6.07) is 9.54. The van der Waals surface area contributed by atoms with Gasteiger partial charge in [-0.1, -0.05) is 37.3 Å². The van der Waals surface area contributed by atoms with Gasteiger partial charge in [-0.15, -0.1) is 0 Å². The summed E-state index contributed by atoms with van der Waals surface area (Å²) >= 11 is 0. The molecule has 20 heavy (non-hydrogen) atoms. The Balaban J connectivity index is 2.49.